The van der Waals surface area contributed by atoms with E-state index in [0.717, 1.165) is 5.56 Å². The van der Waals surface area contributed by atoms with E-state index in [1.807, 2.05) is 0 Å². The lowest BCUT2D eigenvalue weighted by atomic mass is 10.0. The standard InChI is InChI=1S/C12H16N2O4/c1-7(2)11(12(15)16)13-9-5-4-8(3)6-10(9)14(17)18/h4-7,11,13H,1-3H3,(H,15,16). The Morgan fingerprint density at radius 2 is 2.06 bits per heavy atom. The molecule has 98 valence electrons. The number of aryl methyl sites for hydroxylation is 1. The van der Waals surface area contributed by atoms with E-state index >= 15 is 0 Å². The molecule has 0 radical (unpaired) electrons. The summed E-state index contributed by atoms with van der Waals surface area (Å²) < 4.78 is 0. The molecule has 0 aromatic heterocycles. The second-order valence-corrected chi connectivity index (χ2v) is 4.48. The molecule has 6 heteroatoms. The largest absolute Gasteiger partial charge is 0.480 e. The first-order valence-corrected chi connectivity index (χ1v) is 5.57. The highest BCUT2D eigenvalue weighted by Gasteiger charge is 2.24. The van der Waals surface area contributed by atoms with Crippen molar-refractivity contribution in [2.45, 2.75) is 26.8 Å². The third-order valence-corrected chi connectivity index (χ3v) is 2.59. The molecule has 0 aliphatic carbocycles. The summed E-state index contributed by atoms with van der Waals surface area (Å²) in [7, 11) is 0. The summed E-state index contributed by atoms with van der Waals surface area (Å²) in [6, 6.07) is 3.80. The predicted octanol–water partition coefficient (Wildman–Crippen LogP) is 2.42. The second kappa shape index (κ2) is 5.48. The third-order valence-electron chi connectivity index (χ3n) is 2.59. The van der Waals surface area contributed by atoms with Gasteiger partial charge in [-0.15, -0.1) is 0 Å². The molecule has 0 fully saturated rings. The van der Waals surface area contributed by atoms with Crippen LogP contribution in [0, 0.1) is 23.0 Å². The van der Waals surface area contributed by atoms with Crippen LogP contribution in [0.2, 0.25) is 0 Å². The first-order valence-electron chi connectivity index (χ1n) is 5.57. The molecule has 0 aliphatic rings. The van der Waals surface area contributed by atoms with Crippen LogP contribution in [-0.4, -0.2) is 22.0 Å². The Bertz CT molecular complexity index is 471. The van der Waals surface area contributed by atoms with E-state index in [9.17, 15) is 14.9 Å². The lowest BCUT2D eigenvalue weighted by Crippen LogP contribution is -2.34. The summed E-state index contributed by atoms with van der Waals surface area (Å²) >= 11 is 0. The highest BCUT2D eigenvalue weighted by molar-refractivity contribution is 5.79. The van der Waals surface area contributed by atoms with Gasteiger partial charge in [0.15, 0.2) is 0 Å². The average Bonchev–Trinajstić information content (AvgIpc) is 2.25. The highest BCUT2D eigenvalue weighted by Crippen LogP contribution is 2.26. The Morgan fingerprint density at radius 3 is 2.50 bits per heavy atom. The third kappa shape index (κ3) is 3.19. The van der Waals surface area contributed by atoms with E-state index < -0.39 is 16.9 Å². The van der Waals surface area contributed by atoms with Crippen molar-refractivity contribution in [3.63, 3.8) is 0 Å². The van der Waals surface area contributed by atoms with Gasteiger partial charge in [0, 0.05) is 6.07 Å². The SMILES string of the molecule is Cc1ccc(NC(C(=O)O)C(C)C)c([N+](=O)[O-])c1. The number of benzene rings is 1. The zero-order valence-corrected chi connectivity index (χ0v) is 10.5. The van der Waals surface area contributed by atoms with Gasteiger partial charge in [-0.05, 0) is 24.5 Å². The zero-order chi connectivity index (χ0) is 13.9. The fourth-order valence-corrected chi connectivity index (χ4v) is 1.60. The van der Waals surface area contributed by atoms with Crippen molar-refractivity contribution in [2.24, 2.45) is 5.92 Å². The molecule has 1 atom stereocenters. The quantitative estimate of drug-likeness (QED) is 0.620. The summed E-state index contributed by atoms with van der Waals surface area (Å²) in [5.74, 6) is -1.21. The molecular formula is C12H16N2O4. The van der Waals surface area contributed by atoms with Gasteiger partial charge in [-0.25, -0.2) is 4.79 Å². The molecular weight excluding hydrogens is 236 g/mol. The van der Waals surface area contributed by atoms with E-state index in [2.05, 4.69) is 5.32 Å². The molecule has 0 saturated carbocycles. The lowest BCUT2D eigenvalue weighted by molar-refractivity contribution is -0.384. The fraction of sp³-hybridized carbons (Fsp3) is 0.417. The molecule has 2 N–H and O–H groups in total. The Kier molecular flexibility index (Phi) is 4.25. The van der Waals surface area contributed by atoms with Crippen LogP contribution in [0.3, 0.4) is 0 Å². The van der Waals surface area contributed by atoms with Gasteiger partial charge >= 0.3 is 5.97 Å². The predicted molar refractivity (Wildman–Crippen MR) is 67.7 cm³/mol. The summed E-state index contributed by atoms with van der Waals surface area (Å²) in [6.45, 7) is 5.23. The van der Waals surface area contributed by atoms with Crippen molar-refractivity contribution in [3.8, 4) is 0 Å². The van der Waals surface area contributed by atoms with Crippen LogP contribution >= 0.6 is 0 Å². The summed E-state index contributed by atoms with van der Waals surface area (Å²) in [5.41, 5.74) is 0.872. The number of rotatable bonds is 5. The molecule has 0 heterocycles. The van der Waals surface area contributed by atoms with Crippen LogP contribution in [0.25, 0.3) is 0 Å². The normalized spacial score (nSPS) is 12.2. The number of nitrogens with zero attached hydrogens (tertiary/aromatic N) is 1. The van der Waals surface area contributed by atoms with E-state index in [-0.39, 0.29) is 17.3 Å². The topological polar surface area (TPSA) is 92.5 Å². The summed E-state index contributed by atoms with van der Waals surface area (Å²) in [4.78, 5) is 21.5. The molecule has 0 saturated heterocycles. The maximum atomic E-state index is 11.1. The van der Waals surface area contributed by atoms with E-state index in [0.29, 0.717) is 0 Å². The van der Waals surface area contributed by atoms with Crippen molar-refractivity contribution in [2.75, 3.05) is 5.32 Å². The first-order chi connectivity index (χ1) is 8.32. The lowest BCUT2D eigenvalue weighted by Gasteiger charge is -2.19. The molecule has 0 bridgehead atoms. The molecule has 1 aromatic carbocycles. The van der Waals surface area contributed by atoms with Gasteiger partial charge in [-0.3, -0.25) is 10.1 Å². The molecule has 1 rings (SSSR count). The minimum Gasteiger partial charge on any atom is -0.480 e. The van der Waals surface area contributed by atoms with Crippen LogP contribution in [0.4, 0.5) is 11.4 Å². The summed E-state index contributed by atoms with van der Waals surface area (Å²) in [5, 5.41) is 22.7. The van der Waals surface area contributed by atoms with E-state index in [1.165, 1.54) is 12.1 Å². The summed E-state index contributed by atoms with van der Waals surface area (Å²) in [6.07, 6.45) is 0. The number of nitro benzene ring substituents is 1. The van der Waals surface area contributed by atoms with Crippen molar-refractivity contribution in [1.82, 2.24) is 0 Å². The maximum absolute atomic E-state index is 11.1. The number of carbonyl (C=O) groups is 1. The molecule has 1 unspecified atom stereocenters. The van der Waals surface area contributed by atoms with Gasteiger partial charge in [0.25, 0.3) is 5.69 Å². The van der Waals surface area contributed by atoms with Crippen molar-refractivity contribution < 1.29 is 14.8 Å². The van der Waals surface area contributed by atoms with Gasteiger partial charge in [-0.1, -0.05) is 19.9 Å². The van der Waals surface area contributed by atoms with E-state index in [1.54, 1.807) is 26.8 Å². The van der Waals surface area contributed by atoms with Crippen LogP contribution in [-0.2, 0) is 4.79 Å². The molecule has 0 aliphatic heterocycles. The molecule has 1 aromatic rings. The van der Waals surface area contributed by atoms with Crippen LogP contribution in [0.1, 0.15) is 19.4 Å². The number of aliphatic carboxylic acids is 1. The van der Waals surface area contributed by atoms with Crippen molar-refractivity contribution in [3.05, 3.63) is 33.9 Å². The van der Waals surface area contributed by atoms with Gasteiger partial charge in [0.1, 0.15) is 11.7 Å². The Hall–Kier alpha value is -2.11. The Morgan fingerprint density at radius 1 is 1.44 bits per heavy atom. The Balaban J connectivity index is 3.10. The number of nitro groups is 1. The number of anilines is 1. The average molecular weight is 252 g/mol. The zero-order valence-electron chi connectivity index (χ0n) is 10.5. The minimum atomic E-state index is -1.03. The maximum Gasteiger partial charge on any atom is 0.326 e. The van der Waals surface area contributed by atoms with Crippen LogP contribution in [0.5, 0.6) is 0 Å². The molecule has 18 heavy (non-hydrogen) atoms. The first kappa shape index (κ1) is 14.0. The second-order valence-electron chi connectivity index (χ2n) is 4.48. The van der Waals surface area contributed by atoms with Crippen molar-refractivity contribution in [1.29, 1.82) is 0 Å². The number of hydrogen-bond donors (Lipinski definition) is 2. The number of hydrogen-bond acceptors (Lipinski definition) is 4. The van der Waals surface area contributed by atoms with Gasteiger partial charge < -0.3 is 10.4 Å². The monoisotopic (exact) mass is 252 g/mol. The smallest absolute Gasteiger partial charge is 0.326 e. The number of nitrogens with one attached hydrogen (secondary N) is 1. The minimum absolute atomic E-state index is 0.109. The Labute approximate surface area is 105 Å². The van der Waals surface area contributed by atoms with Crippen molar-refractivity contribution >= 4 is 17.3 Å². The van der Waals surface area contributed by atoms with Gasteiger partial charge in [0.2, 0.25) is 0 Å². The van der Waals surface area contributed by atoms with Gasteiger partial charge in [-0.2, -0.15) is 0 Å². The van der Waals surface area contributed by atoms with Crippen LogP contribution in [0.15, 0.2) is 18.2 Å². The molecule has 6 nitrogen and oxygen atoms in total. The van der Waals surface area contributed by atoms with Gasteiger partial charge in [0.05, 0.1) is 4.92 Å². The van der Waals surface area contributed by atoms with Crippen LogP contribution < -0.4 is 5.32 Å². The van der Waals surface area contributed by atoms with E-state index in [4.69, 9.17) is 5.11 Å². The number of carboxylic acid groups (broad SMARTS) is 1. The molecule has 0 spiro atoms. The molecule has 0 amide bonds. The number of carboxylic acids is 1. The highest BCUT2D eigenvalue weighted by atomic mass is 16.6. The fourth-order valence-electron chi connectivity index (χ4n) is 1.60.